The number of benzene rings is 1. The van der Waals surface area contributed by atoms with Crippen LogP contribution in [0, 0.1) is 17.8 Å². The second-order valence-electron chi connectivity index (χ2n) is 19.8. The number of likely N-dealkylation sites (tertiary alicyclic amines) is 1. The van der Waals surface area contributed by atoms with E-state index in [9.17, 15) is 24.0 Å². The quantitative estimate of drug-likeness (QED) is 0.0793. The lowest BCUT2D eigenvalue weighted by molar-refractivity contribution is -0.148. The van der Waals surface area contributed by atoms with E-state index in [1.807, 2.05) is 64.6 Å². The van der Waals surface area contributed by atoms with Crippen molar-refractivity contribution in [1.82, 2.24) is 25.8 Å². The van der Waals surface area contributed by atoms with Gasteiger partial charge in [-0.05, 0) is 63.9 Å². The van der Waals surface area contributed by atoms with Crippen LogP contribution in [0.25, 0.3) is 0 Å². The molecule has 1 aromatic carbocycles. The monoisotopic (exact) mass is 1010 g/mol. The molecular weight excluding hydrogens is 915 g/mol. The van der Waals surface area contributed by atoms with E-state index in [0.717, 1.165) is 19.3 Å². The van der Waals surface area contributed by atoms with Crippen molar-refractivity contribution >= 4 is 29.5 Å². The first kappa shape index (κ1) is 61.5. The highest BCUT2D eigenvalue weighted by molar-refractivity contribution is 5.94. The number of carbonyl (C=O) groups excluding carboxylic acids is 5. The summed E-state index contributed by atoms with van der Waals surface area (Å²) in [4.78, 5) is 72.6. The van der Waals surface area contributed by atoms with Gasteiger partial charge in [0, 0.05) is 52.8 Å². The number of nitrogens with zero attached hydrogens (tertiary/aromatic N) is 2. The number of carbonyl (C=O) groups is 5. The number of methoxy groups -OCH3 is 2. The van der Waals surface area contributed by atoms with Crippen molar-refractivity contribution in [1.29, 1.82) is 0 Å². The van der Waals surface area contributed by atoms with Gasteiger partial charge in [-0.1, -0.05) is 71.4 Å². The first-order chi connectivity index (χ1) is 34.0. The standard InChI is InChI=1S/C53H91N5O13/c1-12-39(5)47(43(64-10)36-45(60)58-24-17-20-42(58)48(65-11)40(6)49(61)54-37-53(22-23-53)41-18-15-14-16-19-41)57(9)50(62)46(38(3)4)55-51(63)52(7,8)56-44(59)21-25-67-28-29-69-32-33-71-35-34-70-31-30-68-27-26-66-13-2/h14-16,18-19,38-40,42-43,46-48H,12-13,17,20-37H2,1-11H3,(H,54,61)(H,55,63)(H,56,59)/t39-,40+,42-,43+,46-,47-,48+/m0/s1. The Morgan fingerprint density at radius 2 is 1.34 bits per heavy atom. The lowest BCUT2D eigenvalue weighted by Crippen LogP contribution is -2.62. The molecule has 18 heteroatoms. The van der Waals surface area contributed by atoms with E-state index in [0.29, 0.717) is 92.0 Å². The van der Waals surface area contributed by atoms with Gasteiger partial charge in [0.1, 0.15) is 11.6 Å². The summed E-state index contributed by atoms with van der Waals surface area (Å²) in [5.74, 6) is -2.38. The molecule has 1 aromatic rings. The van der Waals surface area contributed by atoms with Crippen molar-refractivity contribution in [2.75, 3.05) is 114 Å². The minimum atomic E-state index is -1.35. The van der Waals surface area contributed by atoms with E-state index >= 15 is 0 Å². The molecular formula is C53H91N5O13. The van der Waals surface area contributed by atoms with Crippen LogP contribution in [0.2, 0.25) is 0 Å². The fraction of sp³-hybridized carbons (Fsp3) is 0.792. The first-order valence-corrected chi connectivity index (χ1v) is 26.0. The Hall–Kier alpha value is -3.75. The van der Waals surface area contributed by atoms with Gasteiger partial charge < -0.3 is 63.6 Å². The maximum atomic E-state index is 14.5. The second-order valence-corrected chi connectivity index (χ2v) is 19.8. The molecule has 5 amide bonds. The SMILES string of the molecule is CCOCCOCCOCCOCCOCCOCCC(=O)NC(C)(C)C(=O)N[C@H](C(=O)N(C)[C@@H]([C@@H](C)CC)[C@@H](CC(=O)N1CCC[C@H]1[C@H](OC)[C@@H](C)C(=O)NCC1(c2ccccc2)CC1)OC)C(C)C. The summed E-state index contributed by atoms with van der Waals surface area (Å²) in [6.45, 7) is 21.1. The third-order valence-corrected chi connectivity index (χ3v) is 13.9. The van der Waals surface area contributed by atoms with Gasteiger partial charge in [-0.2, -0.15) is 0 Å². The molecule has 1 saturated carbocycles. The van der Waals surface area contributed by atoms with E-state index in [1.54, 1.807) is 40.0 Å². The van der Waals surface area contributed by atoms with Crippen molar-refractivity contribution in [3.8, 4) is 0 Å². The van der Waals surface area contributed by atoms with Crippen molar-refractivity contribution < 1.29 is 61.9 Å². The average molecular weight is 1010 g/mol. The topological polar surface area (TPSA) is 202 Å². The minimum Gasteiger partial charge on any atom is -0.379 e. The summed E-state index contributed by atoms with van der Waals surface area (Å²) in [6, 6.07) is 8.52. The molecule has 1 aliphatic heterocycles. The van der Waals surface area contributed by atoms with Crippen LogP contribution in [0.3, 0.4) is 0 Å². The van der Waals surface area contributed by atoms with Crippen molar-refractivity contribution in [2.45, 2.75) is 142 Å². The molecule has 0 radical (unpaired) electrons. The number of ether oxygens (including phenoxy) is 8. The third-order valence-electron chi connectivity index (χ3n) is 13.9. The average Bonchev–Trinajstić information content (AvgIpc) is 4.00. The van der Waals surface area contributed by atoms with E-state index in [-0.39, 0.29) is 73.0 Å². The summed E-state index contributed by atoms with van der Waals surface area (Å²) in [5, 5.41) is 8.89. The Kier molecular flexibility index (Phi) is 28.1. The van der Waals surface area contributed by atoms with Gasteiger partial charge in [0.05, 0.1) is 109 Å². The Morgan fingerprint density at radius 3 is 1.83 bits per heavy atom. The molecule has 0 aromatic heterocycles. The highest BCUT2D eigenvalue weighted by Gasteiger charge is 2.46. The number of rotatable bonds is 38. The molecule has 1 aliphatic carbocycles. The van der Waals surface area contributed by atoms with Gasteiger partial charge in [-0.25, -0.2) is 0 Å². The van der Waals surface area contributed by atoms with Crippen molar-refractivity contribution in [3.63, 3.8) is 0 Å². The zero-order valence-corrected chi connectivity index (χ0v) is 45.1. The van der Waals surface area contributed by atoms with Crippen molar-refractivity contribution in [3.05, 3.63) is 35.9 Å². The lowest BCUT2D eigenvalue weighted by atomic mass is 9.89. The van der Waals surface area contributed by atoms with Crippen LogP contribution in [-0.4, -0.2) is 189 Å². The molecule has 2 fully saturated rings. The molecule has 71 heavy (non-hydrogen) atoms. The molecule has 0 bridgehead atoms. The molecule has 18 nitrogen and oxygen atoms in total. The summed E-state index contributed by atoms with van der Waals surface area (Å²) in [5.41, 5.74) is -0.155. The number of nitrogens with one attached hydrogen (secondary N) is 3. The maximum absolute atomic E-state index is 14.5. The summed E-state index contributed by atoms with van der Waals surface area (Å²) >= 11 is 0. The van der Waals surface area contributed by atoms with E-state index in [2.05, 4.69) is 28.1 Å². The Morgan fingerprint density at radius 1 is 0.789 bits per heavy atom. The van der Waals surface area contributed by atoms with E-state index in [4.69, 9.17) is 37.9 Å². The number of likely N-dealkylation sites (N-methyl/N-ethyl adjacent to an activating group) is 1. The normalized spacial score (nSPS) is 18.0. The van der Waals surface area contributed by atoms with Crippen LogP contribution in [0.1, 0.15) is 106 Å². The summed E-state index contributed by atoms with van der Waals surface area (Å²) in [7, 11) is 4.83. The van der Waals surface area contributed by atoms with Gasteiger partial charge in [-0.15, -0.1) is 0 Å². The van der Waals surface area contributed by atoms with Gasteiger partial charge in [-0.3, -0.25) is 24.0 Å². The zero-order chi connectivity index (χ0) is 52.4. The van der Waals surface area contributed by atoms with Crippen LogP contribution in [0.4, 0.5) is 0 Å². The fourth-order valence-electron chi connectivity index (χ4n) is 9.16. The zero-order valence-electron chi connectivity index (χ0n) is 45.1. The molecule has 3 rings (SSSR count). The van der Waals surface area contributed by atoms with Crippen LogP contribution in [0.15, 0.2) is 30.3 Å². The molecule has 7 atom stereocenters. The predicted molar refractivity (Wildman–Crippen MR) is 271 cm³/mol. The highest BCUT2D eigenvalue weighted by atomic mass is 16.6. The van der Waals surface area contributed by atoms with Gasteiger partial charge in [0.25, 0.3) is 0 Å². The summed E-state index contributed by atoms with van der Waals surface area (Å²) in [6.07, 6.45) is 3.04. The molecule has 406 valence electrons. The molecule has 1 heterocycles. The number of hydrogen-bond acceptors (Lipinski definition) is 13. The highest BCUT2D eigenvalue weighted by Crippen LogP contribution is 2.47. The third kappa shape index (κ3) is 20.2. The van der Waals surface area contributed by atoms with Gasteiger partial charge in [0.2, 0.25) is 29.5 Å². The van der Waals surface area contributed by atoms with Crippen LogP contribution >= 0.6 is 0 Å². The Bertz CT molecular complexity index is 1720. The fourth-order valence-corrected chi connectivity index (χ4v) is 9.16. The number of amides is 5. The lowest BCUT2D eigenvalue weighted by Gasteiger charge is -2.41. The Balaban J connectivity index is 1.48. The smallest absolute Gasteiger partial charge is 0.245 e. The largest absolute Gasteiger partial charge is 0.379 e. The van der Waals surface area contributed by atoms with Gasteiger partial charge in [0.15, 0.2) is 0 Å². The summed E-state index contributed by atoms with van der Waals surface area (Å²) < 4.78 is 44.7. The predicted octanol–water partition coefficient (Wildman–Crippen LogP) is 4.30. The van der Waals surface area contributed by atoms with E-state index in [1.165, 1.54) is 5.56 Å². The van der Waals surface area contributed by atoms with Crippen LogP contribution in [-0.2, 0) is 67.3 Å². The van der Waals surface area contributed by atoms with E-state index < -0.39 is 41.7 Å². The first-order valence-electron chi connectivity index (χ1n) is 26.0. The van der Waals surface area contributed by atoms with Crippen LogP contribution in [0.5, 0.6) is 0 Å². The number of hydrogen-bond donors (Lipinski definition) is 3. The molecule has 3 N–H and O–H groups in total. The second kappa shape index (κ2) is 32.4. The molecule has 0 spiro atoms. The Labute approximate surface area is 424 Å². The van der Waals surface area contributed by atoms with Gasteiger partial charge >= 0.3 is 0 Å². The van der Waals surface area contributed by atoms with Crippen LogP contribution < -0.4 is 16.0 Å². The molecule has 2 aliphatic rings. The minimum absolute atomic E-state index is 0.00395. The van der Waals surface area contributed by atoms with Crippen molar-refractivity contribution in [2.24, 2.45) is 17.8 Å². The molecule has 0 unspecified atom stereocenters. The molecule has 1 saturated heterocycles. The maximum Gasteiger partial charge on any atom is 0.245 e.